The molecule has 0 saturated heterocycles. The summed E-state index contributed by atoms with van der Waals surface area (Å²) in [6.07, 6.45) is 0.434. The normalized spacial score (nSPS) is 13.2. The quantitative estimate of drug-likeness (QED) is 0.748. The molecule has 0 amide bonds. The van der Waals surface area contributed by atoms with Gasteiger partial charge in [-0.3, -0.25) is 4.79 Å². The molecule has 1 unspecified atom stereocenters. The van der Waals surface area contributed by atoms with Gasteiger partial charge in [-0.15, -0.1) is 0 Å². The van der Waals surface area contributed by atoms with E-state index in [1.807, 2.05) is 31.2 Å². The van der Waals surface area contributed by atoms with Crippen molar-refractivity contribution < 1.29 is 9.53 Å². The van der Waals surface area contributed by atoms with Crippen molar-refractivity contribution in [1.82, 2.24) is 0 Å². The molecule has 18 heavy (non-hydrogen) atoms. The number of esters is 1. The van der Waals surface area contributed by atoms with Crippen molar-refractivity contribution in [1.29, 1.82) is 0 Å². The van der Waals surface area contributed by atoms with E-state index in [1.54, 1.807) is 0 Å². The zero-order valence-corrected chi connectivity index (χ0v) is 12.3. The van der Waals surface area contributed by atoms with Crippen LogP contribution in [0.5, 0.6) is 0 Å². The maximum Gasteiger partial charge on any atom is 0.306 e. The molecule has 1 atom stereocenters. The van der Waals surface area contributed by atoms with E-state index in [-0.39, 0.29) is 17.3 Å². The first-order valence-electron chi connectivity index (χ1n) is 6.29. The molecule has 0 spiro atoms. The Labute approximate surface area is 114 Å². The number of benzene rings is 1. The first-order chi connectivity index (χ1) is 8.37. The van der Waals surface area contributed by atoms with Gasteiger partial charge in [0.15, 0.2) is 0 Å². The third kappa shape index (κ3) is 3.74. The molecule has 0 aliphatic carbocycles. The third-order valence-corrected chi connectivity index (χ3v) is 3.85. The van der Waals surface area contributed by atoms with Crippen LogP contribution >= 0.6 is 11.6 Å². The zero-order chi connectivity index (χ0) is 13.8. The highest BCUT2D eigenvalue weighted by molar-refractivity contribution is 6.30. The standard InChI is InChI=1S/C15H21ClO2/c1-5-18-14(17)10-11(2)15(3,4)12-6-8-13(16)9-7-12/h6-9,11H,5,10H2,1-4H3. The van der Waals surface area contributed by atoms with Crippen molar-refractivity contribution in [2.75, 3.05) is 6.61 Å². The minimum Gasteiger partial charge on any atom is -0.466 e. The second-order valence-electron chi connectivity index (χ2n) is 5.14. The van der Waals surface area contributed by atoms with Crippen LogP contribution in [0.2, 0.25) is 5.02 Å². The number of carbonyl (C=O) groups is 1. The van der Waals surface area contributed by atoms with E-state index in [0.29, 0.717) is 13.0 Å². The topological polar surface area (TPSA) is 26.3 Å². The summed E-state index contributed by atoms with van der Waals surface area (Å²) < 4.78 is 5.00. The van der Waals surface area contributed by atoms with Gasteiger partial charge < -0.3 is 4.74 Å². The molecule has 100 valence electrons. The lowest BCUT2D eigenvalue weighted by atomic mass is 9.73. The number of rotatable bonds is 5. The van der Waals surface area contributed by atoms with Crippen molar-refractivity contribution in [3.63, 3.8) is 0 Å². The minimum absolute atomic E-state index is 0.0860. The number of hydrogen-bond donors (Lipinski definition) is 0. The van der Waals surface area contributed by atoms with Gasteiger partial charge in [0.25, 0.3) is 0 Å². The van der Waals surface area contributed by atoms with Gasteiger partial charge in [-0.1, -0.05) is 44.5 Å². The van der Waals surface area contributed by atoms with Gasteiger partial charge in [0.1, 0.15) is 0 Å². The molecule has 0 aliphatic heterocycles. The first kappa shape index (κ1) is 15.0. The lowest BCUT2D eigenvalue weighted by Crippen LogP contribution is -2.29. The number of ether oxygens (including phenoxy) is 1. The Balaban J connectivity index is 2.78. The van der Waals surface area contributed by atoms with Crippen LogP contribution in [-0.2, 0) is 14.9 Å². The molecule has 0 aromatic heterocycles. The Bertz CT molecular complexity index is 395. The average Bonchev–Trinajstić information content (AvgIpc) is 2.29. The minimum atomic E-state index is -0.132. The number of hydrogen-bond acceptors (Lipinski definition) is 2. The van der Waals surface area contributed by atoms with E-state index in [4.69, 9.17) is 16.3 Å². The van der Waals surface area contributed by atoms with Gasteiger partial charge in [0.05, 0.1) is 6.61 Å². The summed E-state index contributed by atoms with van der Waals surface area (Å²) in [4.78, 5) is 11.5. The Hall–Kier alpha value is -1.02. The highest BCUT2D eigenvalue weighted by atomic mass is 35.5. The predicted octanol–water partition coefficient (Wildman–Crippen LogP) is 4.21. The van der Waals surface area contributed by atoms with Crippen LogP contribution in [0.3, 0.4) is 0 Å². The summed E-state index contributed by atoms with van der Waals surface area (Å²) in [5, 5.41) is 0.729. The van der Waals surface area contributed by atoms with Crippen molar-refractivity contribution in [2.45, 2.75) is 39.5 Å². The van der Waals surface area contributed by atoms with Crippen LogP contribution in [-0.4, -0.2) is 12.6 Å². The zero-order valence-electron chi connectivity index (χ0n) is 11.5. The van der Waals surface area contributed by atoms with Gasteiger partial charge in [-0.2, -0.15) is 0 Å². The molecule has 0 aliphatic rings. The van der Waals surface area contributed by atoms with Crippen LogP contribution in [0.15, 0.2) is 24.3 Å². The van der Waals surface area contributed by atoms with Crippen LogP contribution in [0.1, 0.15) is 39.7 Å². The molecule has 0 N–H and O–H groups in total. The molecule has 1 aromatic rings. The van der Waals surface area contributed by atoms with Gasteiger partial charge >= 0.3 is 5.97 Å². The second kappa shape index (κ2) is 6.24. The predicted molar refractivity (Wildman–Crippen MR) is 74.9 cm³/mol. The Kier molecular flexibility index (Phi) is 5.21. The summed E-state index contributed by atoms with van der Waals surface area (Å²) in [7, 11) is 0. The van der Waals surface area contributed by atoms with Gasteiger partial charge in [0, 0.05) is 11.4 Å². The van der Waals surface area contributed by atoms with Crippen molar-refractivity contribution in [3.05, 3.63) is 34.9 Å². The smallest absolute Gasteiger partial charge is 0.306 e. The molecule has 0 radical (unpaired) electrons. The highest BCUT2D eigenvalue weighted by Gasteiger charge is 2.29. The molecule has 0 fully saturated rings. The lowest BCUT2D eigenvalue weighted by Gasteiger charge is -2.32. The maximum absolute atomic E-state index is 11.5. The first-order valence-corrected chi connectivity index (χ1v) is 6.67. The van der Waals surface area contributed by atoms with Crippen molar-refractivity contribution >= 4 is 17.6 Å². The summed E-state index contributed by atoms with van der Waals surface area (Å²) in [6, 6.07) is 7.80. The third-order valence-electron chi connectivity index (χ3n) is 3.60. The molecule has 1 rings (SSSR count). The largest absolute Gasteiger partial charge is 0.466 e. The van der Waals surface area contributed by atoms with E-state index in [0.717, 1.165) is 5.02 Å². The Morgan fingerprint density at radius 3 is 2.39 bits per heavy atom. The maximum atomic E-state index is 11.5. The molecule has 2 nitrogen and oxygen atoms in total. The SMILES string of the molecule is CCOC(=O)CC(C)C(C)(C)c1ccc(Cl)cc1. The average molecular weight is 269 g/mol. The number of halogens is 1. The van der Waals surface area contributed by atoms with Gasteiger partial charge in [-0.05, 0) is 36.0 Å². The Morgan fingerprint density at radius 1 is 1.33 bits per heavy atom. The van der Waals surface area contributed by atoms with Crippen molar-refractivity contribution in [2.24, 2.45) is 5.92 Å². The molecule has 3 heteroatoms. The summed E-state index contributed by atoms with van der Waals surface area (Å²) in [6.45, 7) is 8.62. The van der Waals surface area contributed by atoms with E-state index < -0.39 is 0 Å². The van der Waals surface area contributed by atoms with Crippen LogP contribution in [0.25, 0.3) is 0 Å². The van der Waals surface area contributed by atoms with E-state index >= 15 is 0 Å². The van der Waals surface area contributed by atoms with Crippen molar-refractivity contribution in [3.8, 4) is 0 Å². The van der Waals surface area contributed by atoms with E-state index in [2.05, 4.69) is 20.8 Å². The monoisotopic (exact) mass is 268 g/mol. The molecular formula is C15H21ClO2. The Morgan fingerprint density at radius 2 is 1.89 bits per heavy atom. The molecule has 0 heterocycles. The fourth-order valence-corrected chi connectivity index (χ4v) is 2.02. The second-order valence-corrected chi connectivity index (χ2v) is 5.58. The molecular weight excluding hydrogens is 248 g/mol. The van der Waals surface area contributed by atoms with Gasteiger partial charge in [-0.25, -0.2) is 0 Å². The fraction of sp³-hybridized carbons (Fsp3) is 0.533. The van der Waals surface area contributed by atoms with E-state index in [1.165, 1.54) is 5.56 Å². The molecule has 1 aromatic carbocycles. The molecule has 0 saturated carbocycles. The summed E-state index contributed by atoms with van der Waals surface area (Å²) in [5.74, 6) is 0.0739. The molecule has 0 bridgehead atoms. The van der Waals surface area contributed by atoms with Crippen LogP contribution < -0.4 is 0 Å². The summed E-state index contributed by atoms with van der Waals surface area (Å²) >= 11 is 5.89. The van der Waals surface area contributed by atoms with Gasteiger partial charge in [0.2, 0.25) is 0 Å². The lowest BCUT2D eigenvalue weighted by molar-refractivity contribution is -0.144. The highest BCUT2D eigenvalue weighted by Crippen LogP contribution is 2.34. The van der Waals surface area contributed by atoms with Crippen LogP contribution in [0, 0.1) is 5.92 Å². The number of carbonyl (C=O) groups excluding carboxylic acids is 1. The summed E-state index contributed by atoms with van der Waals surface area (Å²) in [5.41, 5.74) is 1.10. The van der Waals surface area contributed by atoms with E-state index in [9.17, 15) is 4.79 Å². The van der Waals surface area contributed by atoms with Crippen LogP contribution in [0.4, 0.5) is 0 Å². The fourth-order valence-electron chi connectivity index (χ4n) is 1.89.